The molecule has 0 bridgehead atoms. The van der Waals surface area contributed by atoms with Gasteiger partial charge in [-0.15, -0.1) is 0 Å². The molecule has 0 aromatic heterocycles. The van der Waals surface area contributed by atoms with E-state index in [0.29, 0.717) is 18.1 Å². The highest BCUT2D eigenvalue weighted by atomic mass is 32.2. The number of benzene rings is 3. The third-order valence-electron chi connectivity index (χ3n) is 5.83. The van der Waals surface area contributed by atoms with E-state index in [1.165, 1.54) is 12.1 Å². The van der Waals surface area contributed by atoms with Gasteiger partial charge in [0.05, 0.1) is 22.8 Å². The second-order valence-electron chi connectivity index (χ2n) is 9.04. The number of carbonyl (C=O) groups excluding carboxylic acids is 1. The van der Waals surface area contributed by atoms with Gasteiger partial charge >= 0.3 is 6.18 Å². The minimum atomic E-state index is -4.84. The number of carbonyl (C=O) groups is 1. The lowest BCUT2D eigenvalue weighted by Crippen LogP contribution is -2.46. The van der Waals surface area contributed by atoms with E-state index in [4.69, 9.17) is 6.57 Å². The van der Waals surface area contributed by atoms with Crippen LogP contribution >= 0.6 is 0 Å². The molecule has 37 heavy (non-hydrogen) atoms. The number of nitrogens with one attached hydrogen (secondary N) is 1. The first kappa shape index (κ1) is 27.9. The zero-order valence-corrected chi connectivity index (χ0v) is 21.2. The van der Waals surface area contributed by atoms with Crippen molar-refractivity contribution in [3.63, 3.8) is 0 Å². The van der Waals surface area contributed by atoms with Crippen LogP contribution in [0.1, 0.15) is 34.7 Å². The van der Waals surface area contributed by atoms with Crippen molar-refractivity contribution in [2.75, 3.05) is 11.1 Å². The number of alkyl halides is 3. The van der Waals surface area contributed by atoms with Gasteiger partial charge in [-0.3, -0.25) is 4.79 Å². The Balaban J connectivity index is 1.87. The van der Waals surface area contributed by atoms with Crippen LogP contribution in [0.5, 0.6) is 0 Å². The molecule has 0 aliphatic rings. The molecule has 10 heteroatoms. The third kappa shape index (κ3) is 6.56. The van der Waals surface area contributed by atoms with E-state index in [9.17, 15) is 31.5 Å². The first-order valence-corrected chi connectivity index (χ1v) is 12.8. The molecule has 6 nitrogen and oxygen atoms in total. The second kappa shape index (κ2) is 10.4. The van der Waals surface area contributed by atoms with Gasteiger partial charge in [0.1, 0.15) is 0 Å². The van der Waals surface area contributed by atoms with Gasteiger partial charge < -0.3 is 10.4 Å². The highest BCUT2D eigenvalue weighted by molar-refractivity contribution is 7.91. The summed E-state index contributed by atoms with van der Waals surface area (Å²) in [5, 5.41) is 12.9. The summed E-state index contributed by atoms with van der Waals surface area (Å²) >= 11 is 0. The predicted octanol–water partition coefficient (Wildman–Crippen LogP) is 5.63. The molecule has 0 aliphatic carbocycles. The van der Waals surface area contributed by atoms with Crippen LogP contribution in [0.2, 0.25) is 0 Å². The average molecular weight is 531 g/mol. The van der Waals surface area contributed by atoms with Crippen LogP contribution in [-0.4, -0.2) is 30.8 Å². The molecule has 3 aromatic carbocycles. The number of aryl methyl sites for hydroxylation is 2. The third-order valence-corrected chi connectivity index (χ3v) is 7.84. The number of hydrogen-bond donors (Lipinski definition) is 2. The van der Waals surface area contributed by atoms with E-state index in [1.54, 1.807) is 12.1 Å². The smallest absolute Gasteiger partial charge is 0.379 e. The van der Waals surface area contributed by atoms with Gasteiger partial charge in [0.25, 0.3) is 5.91 Å². The van der Waals surface area contributed by atoms with E-state index in [0.717, 1.165) is 35.7 Å². The minimum Gasteiger partial charge on any atom is -0.379 e. The topological polar surface area (TPSA) is 87.8 Å². The quantitative estimate of drug-likeness (QED) is 0.388. The maximum Gasteiger partial charge on any atom is 0.407 e. The Hall–Kier alpha value is -3.68. The molecular formula is C27H25F3N2O4S. The summed E-state index contributed by atoms with van der Waals surface area (Å²) in [7, 11) is -4.20. The molecule has 0 aliphatic heterocycles. The number of aliphatic hydroxyl groups is 1. The fourth-order valence-electron chi connectivity index (χ4n) is 3.87. The van der Waals surface area contributed by atoms with Gasteiger partial charge in [-0.05, 0) is 62.1 Å². The molecule has 0 saturated carbocycles. The van der Waals surface area contributed by atoms with Gasteiger partial charge in [-0.2, -0.15) is 13.2 Å². The van der Waals surface area contributed by atoms with Crippen molar-refractivity contribution < 1.29 is 31.5 Å². The van der Waals surface area contributed by atoms with Gasteiger partial charge in [0, 0.05) is 5.69 Å². The summed E-state index contributed by atoms with van der Waals surface area (Å²) in [4.78, 5) is 15.5. The summed E-state index contributed by atoms with van der Waals surface area (Å²) in [6.45, 7) is 11.7. The van der Waals surface area contributed by atoms with Gasteiger partial charge in [0.15, 0.2) is 21.1 Å². The van der Waals surface area contributed by atoms with Gasteiger partial charge in [-0.1, -0.05) is 48.0 Å². The SMILES string of the molecule is [C-]#[N+]c1ccc(NC(=O)C(C)(O)CS(=O)(=O)c2ccccc2Cc2cc(C)ccc2C)cc1C(F)(F)F. The Morgan fingerprint density at radius 1 is 1.03 bits per heavy atom. The Labute approximate surface area is 213 Å². The highest BCUT2D eigenvalue weighted by Crippen LogP contribution is 2.38. The molecule has 3 aromatic rings. The highest BCUT2D eigenvalue weighted by Gasteiger charge is 2.38. The first-order chi connectivity index (χ1) is 17.1. The number of amides is 1. The Morgan fingerprint density at radius 2 is 1.70 bits per heavy atom. The molecule has 1 amide bonds. The molecule has 2 N–H and O–H groups in total. The van der Waals surface area contributed by atoms with Crippen LogP contribution in [-0.2, 0) is 27.2 Å². The summed E-state index contributed by atoms with van der Waals surface area (Å²) in [5.41, 5.74) is -1.31. The normalized spacial score (nSPS) is 13.5. The van der Waals surface area contributed by atoms with E-state index in [2.05, 4.69) is 10.2 Å². The molecule has 1 atom stereocenters. The number of rotatable bonds is 7. The van der Waals surface area contributed by atoms with Gasteiger partial charge in [0.2, 0.25) is 0 Å². The maximum absolute atomic E-state index is 13.3. The lowest BCUT2D eigenvalue weighted by Gasteiger charge is -2.23. The summed E-state index contributed by atoms with van der Waals surface area (Å²) < 4.78 is 66.4. The number of nitrogens with zero attached hydrogens (tertiary/aromatic N) is 1. The monoisotopic (exact) mass is 530 g/mol. The first-order valence-electron chi connectivity index (χ1n) is 11.1. The second-order valence-corrected chi connectivity index (χ2v) is 11.0. The molecule has 194 valence electrons. The lowest BCUT2D eigenvalue weighted by atomic mass is 9.99. The Kier molecular flexibility index (Phi) is 7.81. The summed E-state index contributed by atoms with van der Waals surface area (Å²) in [5.74, 6) is -2.20. The molecule has 0 radical (unpaired) electrons. The van der Waals surface area contributed by atoms with E-state index < -0.39 is 44.5 Å². The van der Waals surface area contributed by atoms with Crippen molar-refractivity contribution >= 4 is 27.1 Å². The number of halogens is 3. The molecule has 3 rings (SSSR count). The van der Waals surface area contributed by atoms with Crippen molar-refractivity contribution in [2.45, 2.75) is 43.9 Å². The lowest BCUT2D eigenvalue weighted by molar-refractivity contribution is -0.137. The predicted molar refractivity (Wildman–Crippen MR) is 134 cm³/mol. The molecular weight excluding hydrogens is 505 g/mol. The fourth-order valence-corrected chi connectivity index (χ4v) is 5.72. The zero-order chi connectivity index (χ0) is 27.6. The van der Waals surface area contributed by atoms with Crippen LogP contribution in [0.3, 0.4) is 0 Å². The van der Waals surface area contributed by atoms with Crippen molar-refractivity contribution in [3.8, 4) is 0 Å². The number of sulfone groups is 1. The standard InChI is InChI=1S/C27H25F3N2O4S/c1-17-9-10-18(2)20(13-17)14-19-7-5-6-8-24(19)37(35,36)16-26(3,34)25(33)32-21-11-12-23(31-4)22(15-21)27(28,29)30/h5-13,15,34H,14,16H2,1-3H3,(H,32,33). The van der Waals surface area contributed by atoms with Crippen molar-refractivity contribution in [2.24, 2.45) is 0 Å². The molecule has 0 saturated heterocycles. The van der Waals surface area contributed by atoms with Gasteiger partial charge in [-0.25, -0.2) is 13.3 Å². The summed E-state index contributed by atoms with van der Waals surface area (Å²) in [6.07, 6.45) is -4.53. The number of anilines is 1. The van der Waals surface area contributed by atoms with Crippen molar-refractivity contribution in [1.29, 1.82) is 0 Å². The maximum atomic E-state index is 13.3. The Morgan fingerprint density at radius 3 is 2.35 bits per heavy atom. The summed E-state index contributed by atoms with van der Waals surface area (Å²) in [6, 6.07) is 14.6. The van der Waals surface area contributed by atoms with Crippen LogP contribution in [0, 0.1) is 20.4 Å². The van der Waals surface area contributed by atoms with E-state index in [1.807, 2.05) is 32.0 Å². The van der Waals surface area contributed by atoms with Crippen LogP contribution in [0.4, 0.5) is 24.5 Å². The Bertz CT molecular complexity index is 1490. The minimum absolute atomic E-state index is 0.0512. The van der Waals surface area contributed by atoms with Crippen LogP contribution in [0.15, 0.2) is 65.6 Å². The van der Waals surface area contributed by atoms with Crippen molar-refractivity contribution in [1.82, 2.24) is 0 Å². The average Bonchev–Trinajstić information content (AvgIpc) is 2.80. The largest absolute Gasteiger partial charge is 0.407 e. The van der Waals surface area contributed by atoms with Crippen molar-refractivity contribution in [3.05, 3.63) is 99.9 Å². The molecule has 0 fully saturated rings. The molecule has 0 spiro atoms. The molecule has 0 heterocycles. The number of hydrogen-bond acceptors (Lipinski definition) is 4. The van der Waals surface area contributed by atoms with Crippen LogP contribution < -0.4 is 5.32 Å². The van der Waals surface area contributed by atoms with Crippen LogP contribution in [0.25, 0.3) is 4.85 Å². The zero-order valence-electron chi connectivity index (χ0n) is 20.3. The van der Waals surface area contributed by atoms with E-state index >= 15 is 0 Å². The van der Waals surface area contributed by atoms with E-state index in [-0.39, 0.29) is 10.6 Å². The fraction of sp³-hybridized carbons (Fsp3) is 0.259. The molecule has 1 unspecified atom stereocenters.